The van der Waals surface area contributed by atoms with Crippen LogP contribution in [0.5, 0.6) is 0 Å². The molecule has 0 saturated carbocycles. The van der Waals surface area contributed by atoms with E-state index in [9.17, 15) is 0 Å². The molecular formula is C11H19N. The quantitative estimate of drug-likeness (QED) is 0.619. The summed E-state index contributed by atoms with van der Waals surface area (Å²) in [7, 11) is 2.17. The highest BCUT2D eigenvalue weighted by Gasteiger charge is 1.99. The smallest absolute Gasteiger partial charge is 0.00185 e. The Hall–Kier alpha value is -0.560. The van der Waals surface area contributed by atoms with Gasteiger partial charge in [0.1, 0.15) is 0 Å². The number of hydrogen-bond donors (Lipinski definition) is 0. The fraction of sp³-hybridized carbons (Fsp3) is 0.636. The highest BCUT2D eigenvalue weighted by molar-refractivity contribution is 5.22. The first kappa shape index (κ1) is 9.53. The zero-order chi connectivity index (χ0) is 8.81. The van der Waals surface area contributed by atoms with Crippen molar-refractivity contribution in [2.45, 2.75) is 26.2 Å². The summed E-state index contributed by atoms with van der Waals surface area (Å²) in [4.78, 5) is 2.35. The molecule has 1 aliphatic carbocycles. The van der Waals surface area contributed by atoms with Gasteiger partial charge in [-0.25, -0.2) is 0 Å². The van der Waals surface area contributed by atoms with E-state index in [1.165, 1.54) is 31.4 Å². The molecule has 12 heavy (non-hydrogen) atoms. The number of allylic oxidation sites excluding steroid dienone is 3. The second-order valence-corrected chi connectivity index (χ2v) is 3.40. The zero-order valence-electron chi connectivity index (χ0n) is 8.21. The van der Waals surface area contributed by atoms with Gasteiger partial charge in [0.05, 0.1) is 0 Å². The van der Waals surface area contributed by atoms with Gasteiger partial charge in [-0.15, -0.1) is 0 Å². The Kier molecular flexibility index (Phi) is 4.09. The van der Waals surface area contributed by atoms with Crippen molar-refractivity contribution < 1.29 is 0 Å². The summed E-state index contributed by atoms with van der Waals surface area (Å²) in [5.41, 5.74) is 1.52. The second-order valence-electron chi connectivity index (χ2n) is 3.40. The van der Waals surface area contributed by atoms with Gasteiger partial charge >= 0.3 is 0 Å². The van der Waals surface area contributed by atoms with E-state index >= 15 is 0 Å². The molecule has 1 heteroatoms. The van der Waals surface area contributed by atoms with Crippen LogP contribution in [0, 0.1) is 0 Å². The SMILES string of the molecule is CCN(C)CCC1=CCCC=C1. The predicted octanol–water partition coefficient (Wildman–Crippen LogP) is 2.60. The van der Waals surface area contributed by atoms with Crippen molar-refractivity contribution >= 4 is 0 Å². The van der Waals surface area contributed by atoms with Crippen molar-refractivity contribution in [3.05, 3.63) is 23.8 Å². The Morgan fingerprint density at radius 2 is 2.25 bits per heavy atom. The predicted molar refractivity (Wildman–Crippen MR) is 54.2 cm³/mol. The van der Waals surface area contributed by atoms with Gasteiger partial charge in [0.25, 0.3) is 0 Å². The van der Waals surface area contributed by atoms with Crippen LogP contribution in [0.15, 0.2) is 23.8 Å². The molecule has 0 aromatic rings. The van der Waals surface area contributed by atoms with Crippen LogP contribution in [0.2, 0.25) is 0 Å². The minimum Gasteiger partial charge on any atom is -0.306 e. The van der Waals surface area contributed by atoms with E-state index < -0.39 is 0 Å². The summed E-state index contributed by atoms with van der Waals surface area (Å²) in [6, 6.07) is 0. The van der Waals surface area contributed by atoms with Gasteiger partial charge in [-0.05, 0) is 32.9 Å². The zero-order valence-corrected chi connectivity index (χ0v) is 8.21. The minimum absolute atomic E-state index is 1.15. The van der Waals surface area contributed by atoms with E-state index in [-0.39, 0.29) is 0 Å². The lowest BCUT2D eigenvalue weighted by atomic mass is 10.0. The fourth-order valence-corrected chi connectivity index (χ4v) is 1.33. The maximum absolute atomic E-state index is 2.36. The number of rotatable bonds is 4. The van der Waals surface area contributed by atoms with Crippen molar-refractivity contribution in [2.75, 3.05) is 20.1 Å². The van der Waals surface area contributed by atoms with Crippen molar-refractivity contribution in [3.63, 3.8) is 0 Å². The lowest BCUT2D eigenvalue weighted by Crippen LogP contribution is -2.19. The molecule has 0 heterocycles. The van der Waals surface area contributed by atoms with Crippen molar-refractivity contribution in [2.24, 2.45) is 0 Å². The van der Waals surface area contributed by atoms with E-state index in [1.807, 2.05) is 0 Å². The average Bonchev–Trinajstić information content (AvgIpc) is 2.16. The normalized spacial score (nSPS) is 16.8. The minimum atomic E-state index is 1.15. The first-order valence-electron chi connectivity index (χ1n) is 4.87. The first-order valence-corrected chi connectivity index (χ1v) is 4.87. The van der Waals surface area contributed by atoms with Gasteiger partial charge in [-0.2, -0.15) is 0 Å². The molecule has 0 N–H and O–H groups in total. The van der Waals surface area contributed by atoms with Gasteiger partial charge < -0.3 is 4.90 Å². The number of nitrogens with zero attached hydrogens (tertiary/aromatic N) is 1. The summed E-state index contributed by atoms with van der Waals surface area (Å²) in [6.45, 7) is 4.54. The van der Waals surface area contributed by atoms with E-state index in [1.54, 1.807) is 0 Å². The van der Waals surface area contributed by atoms with Crippen LogP contribution >= 0.6 is 0 Å². The van der Waals surface area contributed by atoms with E-state index in [0.29, 0.717) is 0 Å². The van der Waals surface area contributed by atoms with Gasteiger partial charge in [0.2, 0.25) is 0 Å². The van der Waals surface area contributed by atoms with Gasteiger partial charge in [-0.3, -0.25) is 0 Å². The molecule has 1 rings (SSSR count). The Bertz CT molecular complexity index is 179. The fourth-order valence-electron chi connectivity index (χ4n) is 1.33. The third-order valence-corrected chi connectivity index (χ3v) is 2.39. The molecule has 0 unspecified atom stereocenters. The molecule has 0 fully saturated rings. The molecule has 0 atom stereocenters. The monoisotopic (exact) mass is 165 g/mol. The highest BCUT2D eigenvalue weighted by atomic mass is 15.1. The summed E-state index contributed by atoms with van der Waals surface area (Å²) in [5, 5.41) is 0. The van der Waals surface area contributed by atoms with Gasteiger partial charge in [-0.1, -0.05) is 30.7 Å². The molecule has 0 amide bonds. The van der Waals surface area contributed by atoms with Crippen molar-refractivity contribution in [1.29, 1.82) is 0 Å². The van der Waals surface area contributed by atoms with Gasteiger partial charge in [0, 0.05) is 6.54 Å². The summed E-state index contributed by atoms with van der Waals surface area (Å²) in [5.74, 6) is 0. The Balaban J connectivity index is 2.22. The second kappa shape index (κ2) is 5.15. The molecule has 0 aromatic carbocycles. The van der Waals surface area contributed by atoms with E-state index in [0.717, 1.165) is 6.54 Å². The molecule has 0 bridgehead atoms. The Labute approximate surface area is 75.8 Å². The molecule has 0 aromatic heterocycles. The van der Waals surface area contributed by atoms with Crippen LogP contribution in [0.4, 0.5) is 0 Å². The topological polar surface area (TPSA) is 3.24 Å². The van der Waals surface area contributed by atoms with E-state index in [4.69, 9.17) is 0 Å². The van der Waals surface area contributed by atoms with Crippen LogP contribution in [-0.2, 0) is 0 Å². The summed E-state index contributed by atoms with van der Waals surface area (Å²) >= 11 is 0. The molecule has 0 spiro atoms. The molecular weight excluding hydrogens is 146 g/mol. The molecule has 0 saturated heterocycles. The van der Waals surface area contributed by atoms with E-state index in [2.05, 4.69) is 37.1 Å². The van der Waals surface area contributed by atoms with Gasteiger partial charge in [0.15, 0.2) is 0 Å². The summed E-state index contributed by atoms with van der Waals surface area (Å²) < 4.78 is 0. The van der Waals surface area contributed by atoms with Crippen molar-refractivity contribution in [1.82, 2.24) is 4.90 Å². The molecule has 1 aliphatic rings. The Morgan fingerprint density at radius 1 is 1.42 bits per heavy atom. The molecule has 0 aliphatic heterocycles. The lowest BCUT2D eigenvalue weighted by Gasteiger charge is -2.14. The van der Waals surface area contributed by atoms with Crippen LogP contribution < -0.4 is 0 Å². The number of hydrogen-bond acceptors (Lipinski definition) is 1. The van der Waals surface area contributed by atoms with Crippen LogP contribution in [-0.4, -0.2) is 25.0 Å². The standard InChI is InChI=1S/C11H19N/c1-3-12(2)10-9-11-7-5-4-6-8-11/h5,7-8H,3-4,6,9-10H2,1-2H3. The molecule has 68 valence electrons. The Morgan fingerprint density at radius 3 is 2.83 bits per heavy atom. The maximum Gasteiger partial charge on any atom is 0.00185 e. The molecule has 0 radical (unpaired) electrons. The average molecular weight is 165 g/mol. The summed E-state index contributed by atoms with van der Waals surface area (Å²) in [6.07, 6.45) is 10.6. The van der Waals surface area contributed by atoms with Crippen molar-refractivity contribution in [3.8, 4) is 0 Å². The largest absolute Gasteiger partial charge is 0.306 e. The first-order chi connectivity index (χ1) is 5.83. The molecule has 1 nitrogen and oxygen atoms in total. The maximum atomic E-state index is 2.36. The van der Waals surface area contributed by atoms with Crippen LogP contribution in [0.25, 0.3) is 0 Å². The lowest BCUT2D eigenvalue weighted by molar-refractivity contribution is 0.358. The highest BCUT2D eigenvalue weighted by Crippen LogP contribution is 2.12. The van der Waals surface area contributed by atoms with Crippen LogP contribution in [0.3, 0.4) is 0 Å². The third-order valence-electron chi connectivity index (χ3n) is 2.39. The van der Waals surface area contributed by atoms with Crippen LogP contribution in [0.1, 0.15) is 26.2 Å². The third kappa shape index (κ3) is 3.22.